The summed E-state index contributed by atoms with van der Waals surface area (Å²) in [7, 11) is 0. The summed E-state index contributed by atoms with van der Waals surface area (Å²) in [5.74, 6) is -5.36. The maximum Gasteiger partial charge on any atom is 0.338 e. The van der Waals surface area contributed by atoms with Crippen molar-refractivity contribution >= 4 is 35.8 Å². The van der Waals surface area contributed by atoms with Gasteiger partial charge in [-0.2, -0.15) is 0 Å². The molecule has 2 aliphatic heterocycles. The molecule has 17 nitrogen and oxygen atoms in total. The van der Waals surface area contributed by atoms with E-state index >= 15 is 0 Å². The lowest BCUT2D eigenvalue weighted by Crippen LogP contribution is -2.67. The predicted octanol–water partition coefficient (Wildman–Crippen LogP) is 5.43. The first-order chi connectivity index (χ1) is 33.0. The van der Waals surface area contributed by atoms with Gasteiger partial charge < -0.3 is 52.5 Å². The Morgan fingerprint density at radius 2 is 0.824 bits per heavy atom. The van der Waals surface area contributed by atoms with Crippen LogP contribution in [0, 0.1) is 0 Å². The van der Waals surface area contributed by atoms with E-state index in [2.05, 4.69) is 0 Å². The summed E-state index contributed by atoms with van der Waals surface area (Å²) >= 11 is 0. The van der Waals surface area contributed by atoms with Gasteiger partial charge in [-0.3, -0.25) is 9.59 Å². The van der Waals surface area contributed by atoms with Crippen LogP contribution in [0.4, 0.5) is 0 Å². The molecule has 0 unspecified atom stereocenters. The number of aliphatic hydroxyl groups excluding tert-OH is 1. The second kappa shape index (κ2) is 23.4. The van der Waals surface area contributed by atoms with E-state index in [0.717, 1.165) is 13.8 Å². The summed E-state index contributed by atoms with van der Waals surface area (Å²) in [6, 6.07) is 40.2. The molecule has 10 atom stereocenters. The molecule has 0 spiro atoms. The van der Waals surface area contributed by atoms with Crippen LogP contribution in [0.2, 0.25) is 0 Å². The maximum atomic E-state index is 14.2. The highest BCUT2D eigenvalue weighted by Gasteiger charge is 2.58. The molecule has 17 heteroatoms. The zero-order valence-corrected chi connectivity index (χ0v) is 36.8. The van der Waals surface area contributed by atoms with Crippen molar-refractivity contribution in [1.82, 2.24) is 0 Å². The third kappa shape index (κ3) is 12.6. The number of aliphatic hydroxyl groups is 1. The first-order valence-electron chi connectivity index (χ1n) is 21.6. The monoisotopic (exact) mass is 932 g/mol. The lowest BCUT2D eigenvalue weighted by molar-refractivity contribution is -0.367. The third-order valence-corrected chi connectivity index (χ3v) is 10.7. The fourth-order valence-corrected chi connectivity index (χ4v) is 7.51. The molecule has 0 aliphatic carbocycles. The molecule has 0 amide bonds. The summed E-state index contributed by atoms with van der Waals surface area (Å²) in [6.45, 7) is 0.643. The quantitative estimate of drug-likeness (QED) is 0.0909. The number of rotatable bonds is 17. The standard InChI is InChI=1S/C51H48O17/c1-31(53)61-40-38(28-52)63-50(60-29-33-18-8-3-9-19-33)44(42(40)62-32(2)54)68-51-45(67-49(58)37-26-16-7-17-27-37)43(66-48(57)36-24-14-6-15-25-36)41(65-47(56)35-22-12-5-13-23-35)39(64-51)30-59-46(55)34-20-10-4-11-21-34/h3-27,38-45,50-52H,28-30H2,1-2H3/t38-,39-,40-,41-,42+,43+,44+,45+,50+,51-/m1/s1. The summed E-state index contributed by atoms with van der Waals surface area (Å²) in [4.78, 5) is 81.4. The summed E-state index contributed by atoms with van der Waals surface area (Å²) in [5.41, 5.74) is 0.997. The highest BCUT2D eigenvalue weighted by Crippen LogP contribution is 2.36. The van der Waals surface area contributed by atoms with Gasteiger partial charge in [0.15, 0.2) is 49.2 Å². The normalized spacial score (nSPS) is 24.3. The van der Waals surface area contributed by atoms with Gasteiger partial charge in [0.1, 0.15) is 18.8 Å². The van der Waals surface area contributed by atoms with Crippen LogP contribution in [0.1, 0.15) is 60.8 Å². The van der Waals surface area contributed by atoms with E-state index in [-0.39, 0.29) is 28.9 Å². The van der Waals surface area contributed by atoms with Crippen molar-refractivity contribution in [3.63, 3.8) is 0 Å². The predicted molar refractivity (Wildman–Crippen MR) is 235 cm³/mol. The lowest BCUT2D eigenvalue weighted by Gasteiger charge is -2.48. The van der Waals surface area contributed by atoms with Crippen LogP contribution in [-0.4, -0.2) is 116 Å². The highest BCUT2D eigenvalue weighted by molar-refractivity contribution is 5.91. The topological polar surface area (TPSA) is 215 Å². The van der Waals surface area contributed by atoms with Gasteiger partial charge in [-0.15, -0.1) is 0 Å². The van der Waals surface area contributed by atoms with Crippen LogP contribution in [0.3, 0.4) is 0 Å². The fourth-order valence-electron chi connectivity index (χ4n) is 7.51. The molecular weight excluding hydrogens is 885 g/mol. The molecule has 68 heavy (non-hydrogen) atoms. The largest absolute Gasteiger partial charge is 0.459 e. The van der Waals surface area contributed by atoms with Crippen LogP contribution in [-0.2, 0) is 63.6 Å². The van der Waals surface area contributed by atoms with Crippen molar-refractivity contribution in [2.24, 2.45) is 0 Å². The second-order valence-corrected chi connectivity index (χ2v) is 15.5. The molecule has 0 radical (unpaired) electrons. The summed E-state index contributed by atoms with van der Waals surface area (Å²) < 4.78 is 61.4. The van der Waals surface area contributed by atoms with Crippen molar-refractivity contribution in [2.45, 2.75) is 81.9 Å². The Balaban J connectivity index is 1.36. The van der Waals surface area contributed by atoms with Crippen LogP contribution in [0.25, 0.3) is 0 Å². The third-order valence-electron chi connectivity index (χ3n) is 10.7. The van der Waals surface area contributed by atoms with Gasteiger partial charge in [0.2, 0.25) is 0 Å². The van der Waals surface area contributed by atoms with Crippen LogP contribution < -0.4 is 0 Å². The smallest absolute Gasteiger partial charge is 0.338 e. The minimum absolute atomic E-state index is 0.0414. The molecule has 0 aromatic heterocycles. The Bertz CT molecular complexity index is 2460. The van der Waals surface area contributed by atoms with E-state index in [9.17, 15) is 33.9 Å². The molecule has 0 saturated carbocycles. The number of ether oxygens (including phenoxy) is 10. The van der Waals surface area contributed by atoms with E-state index in [0.29, 0.717) is 5.56 Å². The molecule has 5 aromatic carbocycles. The van der Waals surface area contributed by atoms with E-state index in [1.165, 1.54) is 48.5 Å². The molecule has 354 valence electrons. The van der Waals surface area contributed by atoms with Gasteiger partial charge in [-0.1, -0.05) is 103 Å². The molecule has 2 saturated heterocycles. The fraction of sp³-hybridized carbons (Fsp3) is 0.294. The van der Waals surface area contributed by atoms with Gasteiger partial charge >= 0.3 is 35.8 Å². The molecule has 1 N–H and O–H groups in total. The SMILES string of the molecule is CC(=O)O[C@@H]1[C@H](O[C@H]2O[C@H](COC(=O)c3ccccc3)[C@@H](OC(=O)c3ccccc3)[C@H](OC(=O)c3ccccc3)[C@@H]2OC(=O)c2ccccc2)[C@@H](OCc2ccccc2)O[C@H](CO)[C@H]1OC(C)=O. The Hall–Kier alpha value is -7.28. The first-order valence-corrected chi connectivity index (χ1v) is 21.6. The number of hydrogen-bond acceptors (Lipinski definition) is 17. The molecule has 2 aliphatic rings. The van der Waals surface area contributed by atoms with Gasteiger partial charge in [-0.25, -0.2) is 19.2 Å². The number of carbonyl (C=O) groups is 6. The minimum atomic E-state index is -1.93. The number of carbonyl (C=O) groups excluding carboxylic acids is 6. The van der Waals surface area contributed by atoms with Crippen molar-refractivity contribution < 1.29 is 81.2 Å². The minimum Gasteiger partial charge on any atom is -0.459 e. The average Bonchev–Trinajstić information content (AvgIpc) is 3.36. The van der Waals surface area contributed by atoms with Crippen LogP contribution in [0.5, 0.6) is 0 Å². The zero-order valence-electron chi connectivity index (χ0n) is 36.8. The molecule has 2 fully saturated rings. The van der Waals surface area contributed by atoms with E-state index < -0.39 is 110 Å². The Morgan fingerprint density at radius 3 is 1.29 bits per heavy atom. The van der Waals surface area contributed by atoms with E-state index in [4.69, 9.17) is 47.4 Å². The lowest BCUT2D eigenvalue weighted by atomic mass is 9.96. The highest BCUT2D eigenvalue weighted by atomic mass is 16.8. The summed E-state index contributed by atoms with van der Waals surface area (Å²) in [5, 5.41) is 10.5. The molecule has 5 aromatic rings. The number of benzene rings is 5. The Kier molecular flexibility index (Phi) is 16.8. The molecular formula is C51H48O17. The molecule has 0 bridgehead atoms. The van der Waals surface area contributed by atoms with Crippen molar-refractivity contribution in [3.8, 4) is 0 Å². The van der Waals surface area contributed by atoms with E-state index in [1.807, 2.05) is 0 Å². The van der Waals surface area contributed by atoms with Gasteiger partial charge in [-0.05, 0) is 54.1 Å². The Labute approximate surface area is 390 Å². The van der Waals surface area contributed by atoms with Crippen molar-refractivity contribution in [1.29, 1.82) is 0 Å². The average molecular weight is 933 g/mol. The summed E-state index contributed by atoms with van der Waals surface area (Å²) in [6.07, 6.45) is -16.6. The number of hydrogen-bond donors (Lipinski definition) is 1. The van der Waals surface area contributed by atoms with Crippen molar-refractivity contribution in [2.75, 3.05) is 13.2 Å². The van der Waals surface area contributed by atoms with E-state index in [1.54, 1.807) is 103 Å². The van der Waals surface area contributed by atoms with Gasteiger partial charge in [0, 0.05) is 13.8 Å². The molecule has 2 heterocycles. The van der Waals surface area contributed by atoms with Crippen molar-refractivity contribution in [3.05, 3.63) is 179 Å². The van der Waals surface area contributed by atoms with Gasteiger partial charge in [0.25, 0.3) is 0 Å². The second-order valence-electron chi connectivity index (χ2n) is 15.5. The first kappa shape index (κ1) is 48.6. The zero-order chi connectivity index (χ0) is 48.0. The Morgan fingerprint density at radius 1 is 0.441 bits per heavy atom. The molecule has 7 rings (SSSR count). The maximum absolute atomic E-state index is 14.2. The number of esters is 6. The van der Waals surface area contributed by atoms with Crippen LogP contribution in [0.15, 0.2) is 152 Å². The van der Waals surface area contributed by atoms with Crippen LogP contribution >= 0.6 is 0 Å². The van der Waals surface area contributed by atoms with Gasteiger partial charge in [0.05, 0.1) is 35.5 Å².